The van der Waals surface area contributed by atoms with E-state index in [9.17, 15) is 9.59 Å². The first kappa shape index (κ1) is 12.6. The monoisotopic (exact) mass is 294 g/mol. The number of H-pyrrole nitrogens is 1. The summed E-state index contributed by atoms with van der Waals surface area (Å²) in [6.07, 6.45) is 2.33. The molecule has 1 aromatic carbocycles. The van der Waals surface area contributed by atoms with Crippen LogP contribution in [-0.4, -0.2) is 14.8 Å². The predicted octanol–water partition coefficient (Wildman–Crippen LogP) is 1.91. The van der Waals surface area contributed by atoms with Gasteiger partial charge in [-0.15, -0.1) is 11.8 Å². The minimum atomic E-state index is -0.537. The third kappa shape index (κ3) is 2.48. The number of hydrogen-bond acceptors (Lipinski definition) is 3. The SMILES string of the molecule is O=c1[nH]c(=O)n(CC2Cc3ccccc3S2)cc1Cl. The van der Waals surface area contributed by atoms with Crippen molar-refractivity contribution in [1.29, 1.82) is 0 Å². The van der Waals surface area contributed by atoms with Crippen molar-refractivity contribution in [3.8, 4) is 0 Å². The molecule has 0 fully saturated rings. The van der Waals surface area contributed by atoms with Gasteiger partial charge in [0.15, 0.2) is 0 Å². The summed E-state index contributed by atoms with van der Waals surface area (Å²) in [5.41, 5.74) is 0.359. The Labute approximate surface area is 118 Å². The molecule has 2 aromatic rings. The molecular formula is C13H11ClN2O2S. The molecule has 1 aromatic heterocycles. The third-order valence-corrected chi connectivity index (χ3v) is 4.65. The van der Waals surface area contributed by atoms with E-state index in [0.717, 1.165) is 6.42 Å². The van der Waals surface area contributed by atoms with Crippen LogP contribution in [0.4, 0.5) is 0 Å². The Hall–Kier alpha value is -1.46. The molecule has 1 aliphatic heterocycles. The van der Waals surface area contributed by atoms with E-state index in [4.69, 9.17) is 11.6 Å². The Morgan fingerprint density at radius 3 is 2.95 bits per heavy atom. The van der Waals surface area contributed by atoms with E-state index in [1.165, 1.54) is 21.2 Å². The number of aromatic amines is 1. The van der Waals surface area contributed by atoms with Crippen LogP contribution in [0.2, 0.25) is 5.02 Å². The van der Waals surface area contributed by atoms with E-state index in [2.05, 4.69) is 17.1 Å². The van der Waals surface area contributed by atoms with Crippen LogP contribution in [0, 0.1) is 0 Å². The van der Waals surface area contributed by atoms with Gasteiger partial charge in [0.2, 0.25) is 0 Å². The molecule has 0 aliphatic carbocycles. The standard InChI is InChI=1S/C13H11ClN2O2S/c14-10-7-16(13(18)15-12(10)17)6-9-5-8-3-1-2-4-11(8)19-9/h1-4,7,9H,5-6H2,(H,15,17,18). The lowest BCUT2D eigenvalue weighted by Crippen LogP contribution is -2.32. The van der Waals surface area contributed by atoms with E-state index in [1.807, 2.05) is 12.1 Å². The molecule has 0 saturated heterocycles. The van der Waals surface area contributed by atoms with E-state index in [1.54, 1.807) is 11.8 Å². The third-order valence-electron chi connectivity index (χ3n) is 3.08. The lowest BCUT2D eigenvalue weighted by atomic mass is 10.1. The van der Waals surface area contributed by atoms with Gasteiger partial charge in [-0.2, -0.15) is 0 Å². The van der Waals surface area contributed by atoms with E-state index >= 15 is 0 Å². The first-order valence-electron chi connectivity index (χ1n) is 5.87. The highest BCUT2D eigenvalue weighted by molar-refractivity contribution is 8.00. The van der Waals surface area contributed by atoms with Crippen molar-refractivity contribution in [3.05, 3.63) is 61.9 Å². The number of nitrogens with zero attached hydrogens (tertiary/aromatic N) is 1. The maximum absolute atomic E-state index is 11.7. The van der Waals surface area contributed by atoms with Crippen LogP contribution >= 0.6 is 23.4 Å². The number of hydrogen-bond donors (Lipinski definition) is 1. The van der Waals surface area contributed by atoms with Crippen molar-refractivity contribution >= 4 is 23.4 Å². The fourth-order valence-electron chi connectivity index (χ4n) is 2.19. The van der Waals surface area contributed by atoms with Crippen LogP contribution in [0.1, 0.15) is 5.56 Å². The number of rotatable bonds is 2. The lowest BCUT2D eigenvalue weighted by Gasteiger charge is -2.10. The van der Waals surface area contributed by atoms with Crippen molar-refractivity contribution in [2.24, 2.45) is 0 Å². The van der Waals surface area contributed by atoms with E-state index < -0.39 is 11.2 Å². The van der Waals surface area contributed by atoms with Gasteiger partial charge in [-0.3, -0.25) is 14.3 Å². The zero-order valence-corrected chi connectivity index (χ0v) is 11.5. The summed E-state index contributed by atoms with van der Waals surface area (Å²) in [4.78, 5) is 26.4. The predicted molar refractivity (Wildman–Crippen MR) is 76.1 cm³/mol. The van der Waals surface area contributed by atoms with Crippen molar-refractivity contribution in [2.45, 2.75) is 23.1 Å². The molecule has 1 N–H and O–H groups in total. The highest BCUT2D eigenvalue weighted by Crippen LogP contribution is 2.37. The van der Waals surface area contributed by atoms with Crippen LogP contribution in [0.3, 0.4) is 0 Å². The second-order valence-corrected chi connectivity index (χ2v) is 6.19. The van der Waals surface area contributed by atoms with Gasteiger partial charge in [-0.1, -0.05) is 29.8 Å². The molecular weight excluding hydrogens is 284 g/mol. The van der Waals surface area contributed by atoms with Gasteiger partial charge in [-0.25, -0.2) is 4.79 Å². The van der Waals surface area contributed by atoms with Crippen molar-refractivity contribution in [3.63, 3.8) is 0 Å². The van der Waals surface area contributed by atoms with Gasteiger partial charge in [0.1, 0.15) is 5.02 Å². The molecule has 1 aliphatic rings. The molecule has 6 heteroatoms. The maximum atomic E-state index is 11.7. The molecule has 0 amide bonds. The molecule has 2 heterocycles. The average molecular weight is 295 g/mol. The van der Waals surface area contributed by atoms with Crippen molar-refractivity contribution in [2.75, 3.05) is 0 Å². The summed E-state index contributed by atoms with van der Waals surface area (Å²) >= 11 is 7.51. The molecule has 0 radical (unpaired) electrons. The number of benzene rings is 1. The van der Waals surface area contributed by atoms with Crippen LogP contribution in [-0.2, 0) is 13.0 Å². The minimum absolute atomic E-state index is 0.0418. The first-order valence-corrected chi connectivity index (χ1v) is 7.13. The Bertz CT molecular complexity index is 713. The van der Waals surface area contributed by atoms with E-state index in [0.29, 0.717) is 6.54 Å². The Morgan fingerprint density at radius 1 is 1.37 bits per heavy atom. The number of thioether (sulfide) groups is 1. The number of nitrogens with one attached hydrogen (secondary N) is 1. The maximum Gasteiger partial charge on any atom is 0.328 e. The highest BCUT2D eigenvalue weighted by atomic mass is 35.5. The molecule has 3 rings (SSSR count). The van der Waals surface area contributed by atoms with Gasteiger partial charge in [0.25, 0.3) is 5.56 Å². The Kier molecular flexibility index (Phi) is 3.24. The number of halogens is 1. The average Bonchev–Trinajstić information content (AvgIpc) is 2.78. The summed E-state index contributed by atoms with van der Waals surface area (Å²) in [5, 5.41) is 0.331. The summed E-state index contributed by atoms with van der Waals surface area (Å²) in [6.45, 7) is 0.536. The van der Waals surface area contributed by atoms with Crippen LogP contribution in [0.25, 0.3) is 0 Å². The van der Waals surface area contributed by atoms with E-state index in [-0.39, 0.29) is 10.3 Å². The Balaban J connectivity index is 1.83. The molecule has 0 saturated carbocycles. The lowest BCUT2D eigenvalue weighted by molar-refractivity contribution is 0.622. The molecule has 1 unspecified atom stereocenters. The van der Waals surface area contributed by atoms with Crippen LogP contribution in [0.5, 0.6) is 0 Å². The van der Waals surface area contributed by atoms with Gasteiger partial charge in [-0.05, 0) is 18.1 Å². The molecule has 0 spiro atoms. The molecule has 0 bridgehead atoms. The van der Waals surface area contributed by atoms with Gasteiger partial charge in [0.05, 0.1) is 0 Å². The highest BCUT2D eigenvalue weighted by Gasteiger charge is 2.22. The molecule has 4 nitrogen and oxygen atoms in total. The summed E-state index contributed by atoms with van der Waals surface area (Å²) in [7, 11) is 0. The minimum Gasteiger partial charge on any atom is -0.298 e. The topological polar surface area (TPSA) is 54.9 Å². The number of fused-ring (bicyclic) bond motifs is 1. The fourth-order valence-corrected chi connectivity index (χ4v) is 3.68. The largest absolute Gasteiger partial charge is 0.328 e. The van der Waals surface area contributed by atoms with Crippen molar-refractivity contribution in [1.82, 2.24) is 9.55 Å². The Morgan fingerprint density at radius 2 is 2.16 bits per heavy atom. The zero-order valence-electron chi connectivity index (χ0n) is 9.93. The van der Waals surface area contributed by atoms with Crippen LogP contribution < -0.4 is 11.2 Å². The second-order valence-electron chi connectivity index (χ2n) is 4.44. The fraction of sp³-hybridized carbons (Fsp3) is 0.231. The molecule has 1 atom stereocenters. The second kappa shape index (κ2) is 4.90. The van der Waals surface area contributed by atoms with Gasteiger partial charge >= 0.3 is 5.69 Å². The summed E-state index contributed by atoms with van der Waals surface area (Å²) < 4.78 is 1.47. The quantitative estimate of drug-likeness (QED) is 0.920. The zero-order chi connectivity index (χ0) is 13.4. The normalized spacial score (nSPS) is 17.4. The van der Waals surface area contributed by atoms with Gasteiger partial charge in [0, 0.05) is 22.9 Å². The van der Waals surface area contributed by atoms with Crippen molar-refractivity contribution < 1.29 is 0 Å². The smallest absolute Gasteiger partial charge is 0.298 e. The summed E-state index contributed by atoms with van der Waals surface area (Å²) in [5.74, 6) is 0. The molecule has 98 valence electrons. The number of aromatic nitrogens is 2. The summed E-state index contributed by atoms with van der Waals surface area (Å²) in [6, 6.07) is 8.22. The van der Waals surface area contributed by atoms with Gasteiger partial charge < -0.3 is 0 Å². The van der Waals surface area contributed by atoms with Crippen LogP contribution in [0.15, 0.2) is 44.9 Å². The first-order chi connectivity index (χ1) is 9.13. The molecule has 19 heavy (non-hydrogen) atoms.